The van der Waals surface area contributed by atoms with Crippen LogP contribution in [0.3, 0.4) is 0 Å². The Balaban J connectivity index is 1.53. The van der Waals surface area contributed by atoms with Gasteiger partial charge in [0.15, 0.2) is 0 Å². The van der Waals surface area contributed by atoms with E-state index in [9.17, 15) is 8.78 Å². The third-order valence-electron chi connectivity index (χ3n) is 5.88. The van der Waals surface area contributed by atoms with E-state index < -0.39 is 11.6 Å². The summed E-state index contributed by atoms with van der Waals surface area (Å²) in [6.45, 7) is 1.00. The van der Waals surface area contributed by atoms with Crippen LogP contribution in [-0.4, -0.2) is 33.5 Å². The van der Waals surface area contributed by atoms with Gasteiger partial charge in [-0.3, -0.25) is 4.98 Å². The van der Waals surface area contributed by atoms with Crippen LogP contribution in [0.1, 0.15) is 19.3 Å². The van der Waals surface area contributed by atoms with E-state index in [1.807, 2.05) is 18.3 Å². The van der Waals surface area contributed by atoms with Crippen LogP contribution in [0.4, 0.5) is 14.5 Å². The number of aromatic amines is 1. The fraction of sp³-hybridized carbons (Fsp3) is 0.261. The fourth-order valence-electron chi connectivity index (χ4n) is 3.91. The predicted octanol–water partition coefficient (Wildman–Crippen LogP) is 5.85. The van der Waals surface area contributed by atoms with E-state index >= 15 is 0 Å². The second-order valence-corrected chi connectivity index (χ2v) is 8.39. The number of nitrogens with zero attached hydrogens (tertiary/aromatic N) is 4. The minimum Gasteiger partial charge on any atom is -0.373 e. The SMILES string of the molecule is CN(CC1CCC1)c1cnc2ccc(-c3[nH]cnc3-c3cc(Cl)c(F)cc3F)nc2c1. The summed E-state index contributed by atoms with van der Waals surface area (Å²) in [6.07, 6.45) is 7.18. The molecule has 0 unspecified atom stereocenters. The van der Waals surface area contributed by atoms with E-state index in [4.69, 9.17) is 16.6 Å². The molecule has 0 aliphatic heterocycles. The van der Waals surface area contributed by atoms with Gasteiger partial charge in [0.1, 0.15) is 17.3 Å². The first-order valence-corrected chi connectivity index (χ1v) is 10.5. The molecule has 1 aliphatic rings. The minimum atomic E-state index is -0.812. The molecule has 31 heavy (non-hydrogen) atoms. The van der Waals surface area contributed by atoms with Crippen molar-refractivity contribution in [3.63, 3.8) is 0 Å². The van der Waals surface area contributed by atoms with Gasteiger partial charge in [0.05, 0.1) is 45.7 Å². The van der Waals surface area contributed by atoms with Crippen LogP contribution in [0.2, 0.25) is 5.02 Å². The molecule has 1 aliphatic carbocycles. The quantitative estimate of drug-likeness (QED) is 0.396. The lowest BCUT2D eigenvalue weighted by atomic mass is 9.85. The maximum absolute atomic E-state index is 14.4. The third kappa shape index (κ3) is 3.74. The van der Waals surface area contributed by atoms with Crippen LogP contribution in [-0.2, 0) is 0 Å². The zero-order valence-corrected chi connectivity index (χ0v) is 17.6. The second-order valence-electron chi connectivity index (χ2n) is 7.98. The average Bonchev–Trinajstić information content (AvgIpc) is 3.22. The number of hydrogen-bond acceptors (Lipinski definition) is 4. The zero-order chi connectivity index (χ0) is 21.5. The summed E-state index contributed by atoms with van der Waals surface area (Å²) in [5.74, 6) is -0.809. The Hall–Kier alpha value is -3.06. The van der Waals surface area contributed by atoms with Crippen molar-refractivity contribution in [1.82, 2.24) is 19.9 Å². The number of H-pyrrole nitrogens is 1. The van der Waals surface area contributed by atoms with Crippen LogP contribution in [0, 0.1) is 17.6 Å². The van der Waals surface area contributed by atoms with Gasteiger partial charge in [-0.2, -0.15) is 0 Å². The highest BCUT2D eigenvalue weighted by Crippen LogP contribution is 2.34. The van der Waals surface area contributed by atoms with Crippen molar-refractivity contribution < 1.29 is 8.78 Å². The molecule has 1 N–H and O–H groups in total. The topological polar surface area (TPSA) is 57.7 Å². The van der Waals surface area contributed by atoms with E-state index in [0.29, 0.717) is 17.1 Å². The number of nitrogens with one attached hydrogen (secondary N) is 1. The molecule has 0 bridgehead atoms. The maximum atomic E-state index is 14.4. The van der Waals surface area contributed by atoms with Crippen LogP contribution < -0.4 is 4.90 Å². The van der Waals surface area contributed by atoms with Gasteiger partial charge in [-0.1, -0.05) is 18.0 Å². The highest BCUT2D eigenvalue weighted by molar-refractivity contribution is 6.31. The van der Waals surface area contributed by atoms with Crippen molar-refractivity contribution in [2.45, 2.75) is 19.3 Å². The van der Waals surface area contributed by atoms with Crippen molar-refractivity contribution in [2.75, 3.05) is 18.5 Å². The molecule has 1 aromatic carbocycles. The number of hydrogen-bond donors (Lipinski definition) is 1. The Bertz CT molecular complexity index is 1270. The monoisotopic (exact) mass is 439 g/mol. The molecule has 3 heterocycles. The number of rotatable bonds is 5. The first-order valence-electron chi connectivity index (χ1n) is 10.2. The molecule has 3 aromatic heterocycles. The zero-order valence-electron chi connectivity index (χ0n) is 16.9. The van der Waals surface area contributed by atoms with E-state index in [1.54, 1.807) is 6.07 Å². The number of halogens is 3. The first kappa shape index (κ1) is 19.9. The molecule has 0 saturated heterocycles. The normalized spacial score (nSPS) is 14.1. The number of fused-ring (bicyclic) bond motifs is 1. The van der Waals surface area contributed by atoms with Crippen LogP contribution in [0.25, 0.3) is 33.7 Å². The minimum absolute atomic E-state index is 0.108. The Morgan fingerprint density at radius 2 is 1.94 bits per heavy atom. The van der Waals surface area contributed by atoms with Crippen LogP contribution in [0.15, 0.2) is 42.9 Å². The second kappa shape index (κ2) is 7.89. The highest BCUT2D eigenvalue weighted by Gasteiger charge is 2.20. The molecular weight excluding hydrogens is 420 g/mol. The molecule has 4 aromatic rings. The molecule has 0 amide bonds. The summed E-state index contributed by atoms with van der Waals surface area (Å²) in [5, 5.41) is -0.167. The molecule has 5 rings (SSSR count). The van der Waals surface area contributed by atoms with Crippen LogP contribution >= 0.6 is 11.6 Å². The van der Waals surface area contributed by atoms with Crippen LogP contribution in [0.5, 0.6) is 0 Å². The fourth-order valence-corrected chi connectivity index (χ4v) is 4.07. The molecule has 158 valence electrons. The Morgan fingerprint density at radius 3 is 2.71 bits per heavy atom. The summed E-state index contributed by atoms with van der Waals surface area (Å²) < 4.78 is 28.0. The summed E-state index contributed by atoms with van der Waals surface area (Å²) >= 11 is 5.87. The van der Waals surface area contributed by atoms with Crippen molar-refractivity contribution in [2.24, 2.45) is 5.92 Å². The number of pyridine rings is 2. The summed E-state index contributed by atoms with van der Waals surface area (Å²) in [5.41, 5.74) is 4.03. The van der Waals surface area contributed by atoms with E-state index in [1.165, 1.54) is 31.7 Å². The largest absolute Gasteiger partial charge is 0.373 e. The molecule has 0 radical (unpaired) electrons. The maximum Gasteiger partial charge on any atom is 0.144 e. The summed E-state index contributed by atoms with van der Waals surface area (Å²) in [6, 6.07) is 7.68. The van der Waals surface area contributed by atoms with Crippen molar-refractivity contribution in [3.05, 3.63) is 59.5 Å². The van der Waals surface area contributed by atoms with E-state index in [0.717, 1.165) is 35.2 Å². The molecule has 5 nitrogen and oxygen atoms in total. The molecule has 1 fully saturated rings. The van der Waals surface area contributed by atoms with Gasteiger partial charge in [0, 0.05) is 25.2 Å². The molecule has 1 saturated carbocycles. The average molecular weight is 440 g/mol. The van der Waals surface area contributed by atoms with E-state index in [-0.39, 0.29) is 10.6 Å². The lowest BCUT2D eigenvalue weighted by Crippen LogP contribution is -2.29. The summed E-state index contributed by atoms with van der Waals surface area (Å²) in [7, 11) is 2.07. The smallest absolute Gasteiger partial charge is 0.144 e. The summed E-state index contributed by atoms with van der Waals surface area (Å²) in [4.78, 5) is 18.7. The van der Waals surface area contributed by atoms with Gasteiger partial charge in [0.2, 0.25) is 0 Å². The molecule has 0 atom stereocenters. The molecular formula is C23H20ClF2N5. The van der Waals surface area contributed by atoms with Gasteiger partial charge in [0.25, 0.3) is 0 Å². The third-order valence-corrected chi connectivity index (χ3v) is 6.17. The Kier molecular flexibility index (Phi) is 5.06. The number of benzene rings is 1. The van der Waals surface area contributed by atoms with Crippen molar-refractivity contribution in [1.29, 1.82) is 0 Å². The lowest BCUT2D eigenvalue weighted by molar-refractivity contribution is 0.321. The lowest BCUT2D eigenvalue weighted by Gasteiger charge is -2.31. The van der Waals surface area contributed by atoms with Gasteiger partial charge in [-0.25, -0.2) is 18.7 Å². The Morgan fingerprint density at radius 1 is 1.10 bits per heavy atom. The predicted molar refractivity (Wildman–Crippen MR) is 118 cm³/mol. The number of imidazole rings is 1. The molecule has 0 spiro atoms. The van der Waals surface area contributed by atoms with Gasteiger partial charge in [-0.15, -0.1) is 0 Å². The first-order chi connectivity index (χ1) is 15.0. The van der Waals surface area contributed by atoms with Gasteiger partial charge in [-0.05, 0) is 43.0 Å². The standard InChI is InChI=1S/C23H20ClF2N5/c1-31(11-13-3-2-4-13)14-7-21-19(27-10-14)5-6-20(30-21)23-22(28-12-29-23)15-8-16(24)18(26)9-17(15)25/h5-10,12-13H,2-4,11H2,1H3,(H,28,29). The number of anilines is 1. The highest BCUT2D eigenvalue weighted by atomic mass is 35.5. The number of aromatic nitrogens is 4. The van der Waals surface area contributed by atoms with Gasteiger partial charge >= 0.3 is 0 Å². The van der Waals surface area contributed by atoms with Gasteiger partial charge < -0.3 is 9.88 Å². The van der Waals surface area contributed by atoms with Crippen molar-refractivity contribution in [3.8, 4) is 22.6 Å². The van der Waals surface area contributed by atoms with Crippen molar-refractivity contribution >= 4 is 28.3 Å². The van der Waals surface area contributed by atoms with E-state index in [2.05, 4.69) is 26.9 Å². The Labute approximate surface area is 183 Å². The molecule has 8 heteroatoms.